The van der Waals surface area contributed by atoms with Crippen LogP contribution < -0.4 is 0 Å². The topological polar surface area (TPSA) is 49.7 Å². The molecule has 0 atom stereocenters. The summed E-state index contributed by atoms with van der Waals surface area (Å²) in [6.07, 6.45) is 1.82. The molecule has 5 heteroatoms. The average molecular weight is 223 g/mol. The molecule has 2 aliphatic heterocycles. The molecule has 3 rings (SSSR count). The highest BCUT2D eigenvalue weighted by Gasteiger charge is 2.43. The molecule has 1 aromatic heterocycles. The van der Waals surface area contributed by atoms with E-state index in [0.717, 1.165) is 12.2 Å². The van der Waals surface area contributed by atoms with Crippen LogP contribution in [0, 0.1) is 0 Å². The lowest BCUT2D eigenvalue weighted by Crippen LogP contribution is -2.56. The number of nitrogens with zero attached hydrogens (tertiary/aromatic N) is 1. The minimum Gasteiger partial charge on any atom is -0.465 e. The van der Waals surface area contributed by atoms with E-state index in [-0.39, 0.29) is 11.6 Å². The molecule has 0 unspecified atom stereocenters. The van der Waals surface area contributed by atoms with E-state index in [1.807, 2.05) is 12.3 Å². The number of aromatic nitrogens is 1. The van der Waals surface area contributed by atoms with Gasteiger partial charge in [-0.2, -0.15) is 0 Å². The Bertz CT molecular complexity index is 433. The predicted octanol–water partition coefficient (Wildman–Crippen LogP) is 0.574. The molecule has 86 valence electrons. The van der Waals surface area contributed by atoms with Crippen LogP contribution in [-0.2, 0) is 27.4 Å². The molecular formula is C11H13NO4. The van der Waals surface area contributed by atoms with Gasteiger partial charge in [-0.1, -0.05) is 0 Å². The summed E-state index contributed by atoms with van der Waals surface area (Å²) in [6.45, 7) is 2.55. The third-order valence-electron chi connectivity index (χ3n) is 3.12. The Kier molecular flexibility index (Phi) is 2.05. The third-order valence-corrected chi connectivity index (χ3v) is 3.12. The van der Waals surface area contributed by atoms with Crippen molar-refractivity contribution in [2.45, 2.75) is 18.8 Å². The van der Waals surface area contributed by atoms with E-state index in [2.05, 4.69) is 9.30 Å². The van der Waals surface area contributed by atoms with E-state index < -0.39 is 0 Å². The molecule has 1 spiro atoms. The van der Waals surface area contributed by atoms with Crippen LogP contribution in [-0.4, -0.2) is 36.5 Å². The summed E-state index contributed by atoms with van der Waals surface area (Å²) in [4.78, 5) is 11.4. The van der Waals surface area contributed by atoms with Crippen molar-refractivity contribution in [3.8, 4) is 0 Å². The van der Waals surface area contributed by atoms with Crippen molar-refractivity contribution >= 4 is 5.97 Å². The zero-order chi connectivity index (χ0) is 11.2. The maximum Gasteiger partial charge on any atom is 0.339 e. The molecule has 1 fully saturated rings. The minimum absolute atomic E-state index is 0.167. The summed E-state index contributed by atoms with van der Waals surface area (Å²) < 4.78 is 17.7. The number of carbonyl (C=O) groups excluding carboxylic acids is 1. The highest BCUT2D eigenvalue weighted by Crippen LogP contribution is 2.31. The van der Waals surface area contributed by atoms with Gasteiger partial charge >= 0.3 is 5.97 Å². The monoisotopic (exact) mass is 223 g/mol. The number of fused-ring (bicyclic) bond motifs is 1. The van der Waals surface area contributed by atoms with Crippen LogP contribution in [0.5, 0.6) is 0 Å². The highest BCUT2D eigenvalue weighted by molar-refractivity contribution is 5.89. The molecule has 0 saturated carbocycles. The summed E-state index contributed by atoms with van der Waals surface area (Å²) in [7, 11) is 1.39. The van der Waals surface area contributed by atoms with Crippen LogP contribution in [0.15, 0.2) is 12.3 Å². The fourth-order valence-electron chi connectivity index (χ4n) is 2.14. The van der Waals surface area contributed by atoms with E-state index in [4.69, 9.17) is 9.47 Å². The van der Waals surface area contributed by atoms with Gasteiger partial charge in [0.25, 0.3) is 0 Å². The Morgan fingerprint density at radius 2 is 2.38 bits per heavy atom. The number of ether oxygens (including phenoxy) is 3. The van der Waals surface area contributed by atoms with Gasteiger partial charge in [0.1, 0.15) is 5.60 Å². The standard InChI is InChI=1S/C11H13NO4/c1-14-10(13)8-2-9-4-16-11(6-15-7-11)5-12(9)3-8/h2-3H,4-7H2,1H3. The molecule has 1 aromatic rings. The lowest BCUT2D eigenvalue weighted by atomic mass is 10.0. The summed E-state index contributed by atoms with van der Waals surface area (Å²) in [5.74, 6) is -0.305. The number of hydrogen-bond acceptors (Lipinski definition) is 4. The van der Waals surface area contributed by atoms with E-state index in [1.54, 1.807) is 0 Å². The zero-order valence-corrected chi connectivity index (χ0v) is 9.06. The summed E-state index contributed by atoms with van der Waals surface area (Å²) >= 11 is 0. The second-order valence-corrected chi connectivity index (χ2v) is 4.30. The SMILES string of the molecule is COC(=O)c1cc2n(c1)CC1(COC1)OC2. The van der Waals surface area contributed by atoms with Crippen molar-refractivity contribution in [1.82, 2.24) is 4.57 Å². The van der Waals surface area contributed by atoms with E-state index in [0.29, 0.717) is 25.4 Å². The second-order valence-electron chi connectivity index (χ2n) is 4.30. The quantitative estimate of drug-likeness (QED) is 0.653. The van der Waals surface area contributed by atoms with Gasteiger partial charge in [0.2, 0.25) is 0 Å². The van der Waals surface area contributed by atoms with E-state index >= 15 is 0 Å². The Balaban J connectivity index is 1.87. The lowest BCUT2D eigenvalue weighted by Gasteiger charge is -2.44. The molecule has 0 aliphatic carbocycles. The first-order valence-corrected chi connectivity index (χ1v) is 5.21. The first-order valence-electron chi connectivity index (χ1n) is 5.21. The molecule has 2 aliphatic rings. The van der Waals surface area contributed by atoms with Gasteiger partial charge in [0.05, 0.1) is 39.0 Å². The zero-order valence-electron chi connectivity index (χ0n) is 9.06. The fourth-order valence-corrected chi connectivity index (χ4v) is 2.14. The maximum absolute atomic E-state index is 11.4. The van der Waals surface area contributed by atoms with E-state index in [1.165, 1.54) is 7.11 Å². The molecule has 5 nitrogen and oxygen atoms in total. The van der Waals surface area contributed by atoms with Crippen molar-refractivity contribution in [1.29, 1.82) is 0 Å². The van der Waals surface area contributed by atoms with Gasteiger partial charge in [0, 0.05) is 11.9 Å². The van der Waals surface area contributed by atoms with Crippen molar-refractivity contribution < 1.29 is 19.0 Å². The third kappa shape index (κ3) is 1.36. The molecule has 0 bridgehead atoms. The Morgan fingerprint density at radius 1 is 1.56 bits per heavy atom. The molecule has 16 heavy (non-hydrogen) atoms. The molecule has 1 saturated heterocycles. The van der Waals surface area contributed by atoms with Crippen molar-refractivity contribution in [2.24, 2.45) is 0 Å². The van der Waals surface area contributed by atoms with Crippen LogP contribution in [0.1, 0.15) is 16.1 Å². The van der Waals surface area contributed by atoms with Gasteiger partial charge in [-0.3, -0.25) is 0 Å². The first kappa shape index (κ1) is 9.86. The Labute approximate surface area is 92.9 Å². The van der Waals surface area contributed by atoms with Crippen molar-refractivity contribution in [3.05, 3.63) is 23.5 Å². The van der Waals surface area contributed by atoms with Crippen LogP contribution in [0.2, 0.25) is 0 Å². The Morgan fingerprint density at radius 3 is 3.00 bits per heavy atom. The fraction of sp³-hybridized carbons (Fsp3) is 0.545. The number of rotatable bonds is 1. The predicted molar refractivity (Wildman–Crippen MR) is 54.1 cm³/mol. The van der Waals surface area contributed by atoms with E-state index in [9.17, 15) is 4.79 Å². The molecular weight excluding hydrogens is 210 g/mol. The first-order chi connectivity index (χ1) is 7.72. The number of hydrogen-bond donors (Lipinski definition) is 0. The van der Waals surface area contributed by atoms with Gasteiger partial charge in [-0.15, -0.1) is 0 Å². The van der Waals surface area contributed by atoms with Crippen LogP contribution in [0.25, 0.3) is 0 Å². The normalized spacial score (nSPS) is 21.3. The highest BCUT2D eigenvalue weighted by atomic mass is 16.6. The van der Waals surface area contributed by atoms with Crippen LogP contribution >= 0.6 is 0 Å². The summed E-state index contributed by atoms with van der Waals surface area (Å²) in [5, 5.41) is 0. The molecule has 0 aromatic carbocycles. The van der Waals surface area contributed by atoms with Crippen LogP contribution in [0.3, 0.4) is 0 Å². The molecule has 0 radical (unpaired) electrons. The number of methoxy groups -OCH3 is 1. The number of esters is 1. The summed E-state index contributed by atoms with van der Waals surface area (Å²) in [6, 6.07) is 1.82. The van der Waals surface area contributed by atoms with Crippen LogP contribution in [0.4, 0.5) is 0 Å². The molecule has 0 N–H and O–H groups in total. The summed E-state index contributed by atoms with van der Waals surface area (Å²) in [5.41, 5.74) is 1.43. The van der Waals surface area contributed by atoms with Crippen molar-refractivity contribution in [2.75, 3.05) is 20.3 Å². The smallest absolute Gasteiger partial charge is 0.339 e. The van der Waals surface area contributed by atoms with Gasteiger partial charge in [0.15, 0.2) is 0 Å². The van der Waals surface area contributed by atoms with Gasteiger partial charge in [-0.25, -0.2) is 4.79 Å². The second kappa shape index (κ2) is 3.33. The van der Waals surface area contributed by atoms with Gasteiger partial charge < -0.3 is 18.8 Å². The molecule has 3 heterocycles. The van der Waals surface area contributed by atoms with Crippen molar-refractivity contribution in [3.63, 3.8) is 0 Å². The maximum atomic E-state index is 11.4. The number of carbonyl (C=O) groups is 1. The lowest BCUT2D eigenvalue weighted by molar-refractivity contribution is -0.232. The largest absolute Gasteiger partial charge is 0.465 e. The van der Waals surface area contributed by atoms with Gasteiger partial charge in [-0.05, 0) is 6.07 Å². The average Bonchev–Trinajstić information content (AvgIpc) is 2.68. The minimum atomic E-state index is -0.305. The Hall–Kier alpha value is -1.33. The molecule has 0 amide bonds.